The van der Waals surface area contributed by atoms with E-state index in [4.69, 9.17) is 0 Å². The first-order valence-electron chi connectivity index (χ1n) is 4.59. The van der Waals surface area contributed by atoms with Gasteiger partial charge >= 0.3 is 0 Å². The zero-order chi connectivity index (χ0) is 9.97. The van der Waals surface area contributed by atoms with E-state index in [9.17, 15) is 10.2 Å². The SMILES string of the molecule is O[C@@H]1CN(Cc2cnccn2)C[C@@H]1O. The van der Waals surface area contributed by atoms with E-state index >= 15 is 0 Å². The summed E-state index contributed by atoms with van der Waals surface area (Å²) in [6, 6.07) is 0. The van der Waals surface area contributed by atoms with Crippen LogP contribution in [0.5, 0.6) is 0 Å². The number of aromatic nitrogens is 2. The molecule has 1 aliphatic rings. The number of β-amino-alcohol motifs (C(OH)–C–C–N with tert-alkyl or cyclic N) is 2. The summed E-state index contributed by atoms with van der Waals surface area (Å²) in [7, 11) is 0. The molecule has 0 unspecified atom stereocenters. The summed E-state index contributed by atoms with van der Waals surface area (Å²) in [6.07, 6.45) is 3.69. The predicted molar refractivity (Wildman–Crippen MR) is 49.3 cm³/mol. The van der Waals surface area contributed by atoms with Crippen LogP contribution in [-0.2, 0) is 6.54 Å². The maximum absolute atomic E-state index is 9.32. The molecule has 2 heterocycles. The Labute approximate surface area is 82.0 Å². The van der Waals surface area contributed by atoms with Crippen molar-refractivity contribution in [1.29, 1.82) is 0 Å². The topological polar surface area (TPSA) is 69.5 Å². The Balaban J connectivity index is 1.94. The number of nitrogens with zero attached hydrogens (tertiary/aromatic N) is 3. The second-order valence-electron chi connectivity index (χ2n) is 3.53. The maximum Gasteiger partial charge on any atom is 0.0938 e. The van der Waals surface area contributed by atoms with E-state index in [-0.39, 0.29) is 0 Å². The van der Waals surface area contributed by atoms with Crippen LogP contribution in [0.4, 0.5) is 0 Å². The van der Waals surface area contributed by atoms with Crippen LogP contribution in [0, 0.1) is 0 Å². The number of hydrogen-bond donors (Lipinski definition) is 2. The summed E-state index contributed by atoms with van der Waals surface area (Å²) in [5.74, 6) is 0. The molecule has 5 heteroatoms. The van der Waals surface area contributed by atoms with Crippen molar-refractivity contribution in [1.82, 2.24) is 14.9 Å². The van der Waals surface area contributed by atoms with E-state index in [1.165, 1.54) is 0 Å². The molecule has 1 aromatic rings. The van der Waals surface area contributed by atoms with E-state index in [0.717, 1.165) is 5.69 Å². The van der Waals surface area contributed by atoms with Gasteiger partial charge in [-0.2, -0.15) is 0 Å². The number of aliphatic hydroxyl groups is 2. The van der Waals surface area contributed by atoms with Gasteiger partial charge in [-0.1, -0.05) is 0 Å². The molecule has 1 fully saturated rings. The van der Waals surface area contributed by atoms with Gasteiger partial charge in [-0.3, -0.25) is 14.9 Å². The van der Waals surface area contributed by atoms with Gasteiger partial charge in [0.1, 0.15) is 0 Å². The fraction of sp³-hybridized carbons (Fsp3) is 0.556. The highest BCUT2D eigenvalue weighted by atomic mass is 16.3. The average molecular weight is 195 g/mol. The monoisotopic (exact) mass is 195 g/mol. The van der Waals surface area contributed by atoms with Crippen LogP contribution in [-0.4, -0.2) is 50.4 Å². The van der Waals surface area contributed by atoms with Gasteiger partial charge in [0.05, 0.1) is 17.9 Å². The molecule has 14 heavy (non-hydrogen) atoms. The average Bonchev–Trinajstić information content (AvgIpc) is 2.47. The number of hydrogen-bond acceptors (Lipinski definition) is 5. The minimum Gasteiger partial charge on any atom is -0.389 e. The third-order valence-corrected chi connectivity index (χ3v) is 2.34. The lowest BCUT2D eigenvalue weighted by atomic mass is 10.3. The molecule has 0 amide bonds. The first-order valence-corrected chi connectivity index (χ1v) is 4.59. The van der Waals surface area contributed by atoms with Crippen LogP contribution in [0.3, 0.4) is 0 Å². The molecule has 0 radical (unpaired) electrons. The van der Waals surface area contributed by atoms with Crippen LogP contribution in [0.1, 0.15) is 5.69 Å². The van der Waals surface area contributed by atoms with Gasteiger partial charge in [0.25, 0.3) is 0 Å². The third kappa shape index (κ3) is 2.06. The van der Waals surface area contributed by atoms with Crippen molar-refractivity contribution < 1.29 is 10.2 Å². The van der Waals surface area contributed by atoms with Gasteiger partial charge in [0, 0.05) is 38.2 Å². The summed E-state index contributed by atoms with van der Waals surface area (Å²) in [4.78, 5) is 10.0. The van der Waals surface area contributed by atoms with Crippen LogP contribution < -0.4 is 0 Å². The van der Waals surface area contributed by atoms with Crippen LogP contribution in [0.25, 0.3) is 0 Å². The Bertz CT molecular complexity index is 283. The van der Waals surface area contributed by atoms with Gasteiger partial charge in [-0.15, -0.1) is 0 Å². The Hall–Kier alpha value is -1.04. The molecule has 0 bridgehead atoms. The normalized spacial score (nSPS) is 28.1. The lowest BCUT2D eigenvalue weighted by Gasteiger charge is -2.12. The highest BCUT2D eigenvalue weighted by Gasteiger charge is 2.29. The lowest BCUT2D eigenvalue weighted by Crippen LogP contribution is -2.22. The van der Waals surface area contributed by atoms with E-state index in [0.29, 0.717) is 19.6 Å². The van der Waals surface area contributed by atoms with Crippen molar-refractivity contribution >= 4 is 0 Å². The molecule has 0 saturated carbocycles. The van der Waals surface area contributed by atoms with Crippen molar-refractivity contribution in [2.45, 2.75) is 18.8 Å². The van der Waals surface area contributed by atoms with Crippen molar-refractivity contribution in [3.8, 4) is 0 Å². The van der Waals surface area contributed by atoms with Gasteiger partial charge in [0.2, 0.25) is 0 Å². The Morgan fingerprint density at radius 1 is 1.29 bits per heavy atom. The first kappa shape index (κ1) is 9.51. The van der Waals surface area contributed by atoms with Crippen molar-refractivity contribution in [2.24, 2.45) is 0 Å². The molecule has 0 aliphatic carbocycles. The smallest absolute Gasteiger partial charge is 0.0938 e. The molecule has 1 aromatic heterocycles. The summed E-state index contributed by atoms with van der Waals surface area (Å²) >= 11 is 0. The lowest BCUT2D eigenvalue weighted by molar-refractivity contribution is 0.0572. The van der Waals surface area contributed by atoms with Crippen LogP contribution >= 0.6 is 0 Å². The zero-order valence-corrected chi connectivity index (χ0v) is 7.74. The second kappa shape index (κ2) is 4.00. The van der Waals surface area contributed by atoms with Gasteiger partial charge in [0.15, 0.2) is 0 Å². The number of rotatable bonds is 2. The largest absolute Gasteiger partial charge is 0.389 e. The highest BCUT2D eigenvalue weighted by Crippen LogP contribution is 2.12. The molecule has 76 valence electrons. The van der Waals surface area contributed by atoms with Gasteiger partial charge in [-0.25, -0.2) is 0 Å². The fourth-order valence-electron chi connectivity index (χ4n) is 1.62. The zero-order valence-electron chi connectivity index (χ0n) is 7.74. The second-order valence-corrected chi connectivity index (χ2v) is 3.53. The fourth-order valence-corrected chi connectivity index (χ4v) is 1.62. The van der Waals surface area contributed by atoms with Crippen LogP contribution in [0.15, 0.2) is 18.6 Å². The molecular weight excluding hydrogens is 182 g/mol. The standard InChI is InChI=1S/C9H13N3O2/c13-8-5-12(6-9(8)14)4-7-3-10-1-2-11-7/h1-3,8-9,13-14H,4-6H2/t8-,9+. The van der Waals surface area contributed by atoms with Crippen LogP contribution in [0.2, 0.25) is 0 Å². The summed E-state index contributed by atoms with van der Waals surface area (Å²) in [5.41, 5.74) is 0.855. The Morgan fingerprint density at radius 3 is 2.57 bits per heavy atom. The molecule has 2 atom stereocenters. The predicted octanol–water partition coefficient (Wildman–Crippen LogP) is -0.986. The molecule has 2 rings (SSSR count). The summed E-state index contributed by atoms with van der Waals surface area (Å²) in [5, 5.41) is 18.6. The Morgan fingerprint density at radius 2 is 2.00 bits per heavy atom. The molecule has 0 spiro atoms. The minimum absolute atomic E-state index is 0.498. The van der Waals surface area contributed by atoms with E-state index in [1.807, 2.05) is 4.90 Å². The summed E-state index contributed by atoms with van der Waals surface area (Å²) in [6.45, 7) is 1.62. The minimum atomic E-state index is -0.633. The molecular formula is C9H13N3O2. The third-order valence-electron chi connectivity index (χ3n) is 2.34. The number of likely N-dealkylation sites (tertiary alicyclic amines) is 1. The first-order chi connectivity index (χ1) is 6.75. The molecule has 2 N–H and O–H groups in total. The van der Waals surface area contributed by atoms with Gasteiger partial charge in [-0.05, 0) is 0 Å². The molecule has 0 aromatic carbocycles. The molecule has 5 nitrogen and oxygen atoms in total. The number of aliphatic hydroxyl groups excluding tert-OH is 2. The van der Waals surface area contributed by atoms with E-state index < -0.39 is 12.2 Å². The molecule has 1 saturated heterocycles. The molecule has 1 aliphatic heterocycles. The quantitative estimate of drug-likeness (QED) is 0.634. The van der Waals surface area contributed by atoms with E-state index in [1.54, 1.807) is 18.6 Å². The highest BCUT2D eigenvalue weighted by molar-refractivity contribution is 4.96. The summed E-state index contributed by atoms with van der Waals surface area (Å²) < 4.78 is 0. The maximum atomic E-state index is 9.32. The van der Waals surface area contributed by atoms with E-state index in [2.05, 4.69) is 9.97 Å². The Kier molecular flexibility index (Phi) is 2.72. The van der Waals surface area contributed by atoms with Gasteiger partial charge < -0.3 is 10.2 Å². The van der Waals surface area contributed by atoms with Crippen molar-refractivity contribution in [3.63, 3.8) is 0 Å². The van der Waals surface area contributed by atoms with Crippen molar-refractivity contribution in [2.75, 3.05) is 13.1 Å². The van der Waals surface area contributed by atoms with Crippen molar-refractivity contribution in [3.05, 3.63) is 24.3 Å².